The molecular formula is C47H31BN4. The Labute approximate surface area is 303 Å². The average Bonchev–Trinajstić information content (AvgIpc) is 3.23. The van der Waals surface area contributed by atoms with Gasteiger partial charge in [-0.15, -0.1) is 0 Å². The summed E-state index contributed by atoms with van der Waals surface area (Å²) in [6.45, 7) is 0.0128. The van der Waals surface area contributed by atoms with E-state index < -0.39 is 0 Å². The minimum atomic E-state index is 0.0128. The van der Waals surface area contributed by atoms with Crippen molar-refractivity contribution < 1.29 is 0 Å². The van der Waals surface area contributed by atoms with Crippen LogP contribution >= 0.6 is 0 Å². The van der Waals surface area contributed by atoms with Crippen molar-refractivity contribution in [2.45, 2.75) is 0 Å². The van der Waals surface area contributed by atoms with E-state index in [1.165, 1.54) is 38.8 Å². The van der Waals surface area contributed by atoms with E-state index in [-0.39, 0.29) is 6.85 Å². The number of hydrogen-bond acceptors (Lipinski definition) is 4. The zero-order chi connectivity index (χ0) is 34.4. The van der Waals surface area contributed by atoms with Gasteiger partial charge in [-0.25, -0.2) is 15.0 Å². The molecule has 3 heterocycles. The van der Waals surface area contributed by atoms with Gasteiger partial charge in [-0.3, -0.25) is 0 Å². The van der Waals surface area contributed by atoms with Crippen molar-refractivity contribution in [3.63, 3.8) is 0 Å². The predicted molar refractivity (Wildman–Crippen MR) is 216 cm³/mol. The summed E-state index contributed by atoms with van der Waals surface area (Å²) in [6.07, 6.45) is 4.39. The molecule has 0 spiro atoms. The average molecular weight is 663 g/mol. The Bertz CT molecular complexity index is 2700. The van der Waals surface area contributed by atoms with Gasteiger partial charge in [0, 0.05) is 34.2 Å². The van der Waals surface area contributed by atoms with E-state index >= 15 is 0 Å². The molecule has 0 N–H and O–H groups in total. The van der Waals surface area contributed by atoms with Crippen LogP contribution in [0.4, 0.5) is 5.69 Å². The van der Waals surface area contributed by atoms with Crippen molar-refractivity contribution in [3.05, 3.63) is 194 Å². The predicted octanol–water partition coefficient (Wildman–Crippen LogP) is 10.5. The number of para-hydroxylation sites is 1. The molecule has 52 heavy (non-hydrogen) atoms. The lowest BCUT2D eigenvalue weighted by Crippen LogP contribution is -2.49. The summed E-state index contributed by atoms with van der Waals surface area (Å²) in [7, 11) is 0. The summed E-state index contributed by atoms with van der Waals surface area (Å²) in [6, 6.07) is 59.8. The maximum atomic E-state index is 5.16. The summed E-state index contributed by atoms with van der Waals surface area (Å²) in [5, 5.41) is 2.26. The number of benzene rings is 7. The lowest BCUT2D eigenvalue weighted by atomic mass is 9.49. The molecule has 2 aliphatic heterocycles. The third-order valence-corrected chi connectivity index (χ3v) is 10.1. The van der Waals surface area contributed by atoms with Gasteiger partial charge in [0.1, 0.15) is 0 Å². The van der Waals surface area contributed by atoms with E-state index in [0.717, 1.165) is 33.2 Å². The maximum absolute atomic E-state index is 5.16. The van der Waals surface area contributed by atoms with Crippen LogP contribution in [0.5, 0.6) is 0 Å². The number of aromatic nitrogens is 3. The van der Waals surface area contributed by atoms with E-state index in [4.69, 9.17) is 15.0 Å². The summed E-state index contributed by atoms with van der Waals surface area (Å²) in [5.41, 5.74) is 12.6. The van der Waals surface area contributed by atoms with Crippen LogP contribution in [0.25, 0.3) is 72.5 Å². The van der Waals surface area contributed by atoms with Gasteiger partial charge in [-0.05, 0) is 56.2 Å². The lowest BCUT2D eigenvalue weighted by Gasteiger charge is -2.38. The summed E-state index contributed by atoms with van der Waals surface area (Å²) in [5.74, 6) is 4.24. The Morgan fingerprint density at radius 2 is 1.06 bits per heavy atom. The van der Waals surface area contributed by atoms with E-state index in [1.807, 2.05) is 18.2 Å². The lowest BCUT2D eigenvalue weighted by molar-refractivity contribution is 1.04. The number of fused-ring (bicyclic) bond motifs is 7. The van der Waals surface area contributed by atoms with Crippen LogP contribution in [0.2, 0.25) is 0 Å². The molecule has 0 aliphatic carbocycles. The van der Waals surface area contributed by atoms with Gasteiger partial charge in [0.2, 0.25) is 0 Å². The van der Waals surface area contributed by atoms with Crippen molar-refractivity contribution in [3.8, 4) is 56.2 Å². The molecule has 5 heteroatoms. The molecular weight excluding hydrogens is 631 g/mol. The van der Waals surface area contributed by atoms with Crippen LogP contribution in [0, 0.1) is 0 Å². The number of rotatable bonds is 5. The fourth-order valence-electron chi connectivity index (χ4n) is 7.69. The minimum Gasteiger partial charge on any atom is -0.382 e. The molecule has 0 unspecified atom stereocenters. The minimum absolute atomic E-state index is 0.0128. The SMILES string of the molecule is C1=CC(c2nc(-c3ccccc3)nc(-c3cccc4ccccc34)n2)=CN2B1c1cccc(-c3cccc(-c4ccccc4)c3)c1-c1ccccc12. The zero-order valence-electron chi connectivity index (χ0n) is 28.3. The van der Waals surface area contributed by atoms with E-state index in [0.29, 0.717) is 17.5 Å². The van der Waals surface area contributed by atoms with Gasteiger partial charge >= 0.3 is 6.85 Å². The first-order valence-electron chi connectivity index (χ1n) is 17.6. The Kier molecular flexibility index (Phi) is 7.21. The molecule has 242 valence electrons. The molecule has 0 radical (unpaired) electrons. The van der Waals surface area contributed by atoms with Crippen molar-refractivity contribution in [1.29, 1.82) is 0 Å². The Hall–Kier alpha value is -6.85. The highest BCUT2D eigenvalue weighted by Gasteiger charge is 2.35. The van der Waals surface area contributed by atoms with Crippen LogP contribution in [0.3, 0.4) is 0 Å². The molecule has 8 aromatic rings. The van der Waals surface area contributed by atoms with Gasteiger partial charge in [0.25, 0.3) is 0 Å². The van der Waals surface area contributed by atoms with Crippen LogP contribution in [-0.2, 0) is 0 Å². The zero-order valence-corrected chi connectivity index (χ0v) is 28.3. The third-order valence-electron chi connectivity index (χ3n) is 10.1. The number of allylic oxidation sites excluding steroid dienone is 2. The Morgan fingerprint density at radius 3 is 1.94 bits per heavy atom. The molecule has 0 atom stereocenters. The van der Waals surface area contributed by atoms with Gasteiger partial charge in [0.05, 0.1) is 0 Å². The summed E-state index contributed by atoms with van der Waals surface area (Å²) < 4.78 is 0. The summed E-state index contributed by atoms with van der Waals surface area (Å²) >= 11 is 0. The Morgan fingerprint density at radius 1 is 0.442 bits per heavy atom. The number of anilines is 1. The molecule has 0 bridgehead atoms. The molecule has 2 aliphatic rings. The van der Waals surface area contributed by atoms with Crippen molar-refractivity contribution in [1.82, 2.24) is 15.0 Å². The van der Waals surface area contributed by atoms with E-state index in [9.17, 15) is 0 Å². The normalized spacial score (nSPS) is 13.0. The Balaban J connectivity index is 1.11. The molecule has 0 saturated heterocycles. The molecule has 0 fully saturated rings. The number of nitrogens with zero attached hydrogens (tertiary/aromatic N) is 4. The van der Waals surface area contributed by atoms with Crippen LogP contribution in [-0.4, -0.2) is 21.8 Å². The van der Waals surface area contributed by atoms with Crippen molar-refractivity contribution in [2.24, 2.45) is 0 Å². The quantitative estimate of drug-likeness (QED) is 0.172. The fraction of sp³-hybridized carbons (Fsp3) is 0. The molecule has 7 aromatic carbocycles. The van der Waals surface area contributed by atoms with Gasteiger partial charge in [0.15, 0.2) is 17.5 Å². The fourth-order valence-corrected chi connectivity index (χ4v) is 7.69. The van der Waals surface area contributed by atoms with E-state index in [2.05, 4.69) is 175 Å². The highest BCUT2D eigenvalue weighted by atomic mass is 15.1. The van der Waals surface area contributed by atoms with Crippen molar-refractivity contribution >= 4 is 34.3 Å². The topological polar surface area (TPSA) is 41.9 Å². The first-order chi connectivity index (χ1) is 25.8. The first kappa shape index (κ1) is 30.0. The van der Waals surface area contributed by atoms with Gasteiger partial charge in [-0.2, -0.15) is 0 Å². The van der Waals surface area contributed by atoms with Crippen LogP contribution < -0.4 is 10.3 Å². The van der Waals surface area contributed by atoms with Crippen LogP contribution in [0.15, 0.2) is 188 Å². The van der Waals surface area contributed by atoms with Crippen molar-refractivity contribution in [2.75, 3.05) is 4.81 Å². The molecule has 0 amide bonds. The largest absolute Gasteiger partial charge is 0.382 e. The molecule has 1 aromatic heterocycles. The summed E-state index contributed by atoms with van der Waals surface area (Å²) in [4.78, 5) is 17.7. The molecule has 0 saturated carbocycles. The van der Waals surface area contributed by atoms with Crippen LogP contribution in [0.1, 0.15) is 5.82 Å². The van der Waals surface area contributed by atoms with Gasteiger partial charge < -0.3 is 4.81 Å². The second-order valence-electron chi connectivity index (χ2n) is 13.2. The number of hydrogen-bond donors (Lipinski definition) is 0. The second kappa shape index (κ2) is 12.5. The first-order valence-corrected chi connectivity index (χ1v) is 17.6. The smallest absolute Gasteiger partial charge is 0.320 e. The highest BCUT2D eigenvalue weighted by Crippen LogP contribution is 2.43. The third kappa shape index (κ3) is 5.14. The maximum Gasteiger partial charge on any atom is 0.320 e. The van der Waals surface area contributed by atoms with Gasteiger partial charge in [-0.1, -0.05) is 170 Å². The molecule has 4 nitrogen and oxygen atoms in total. The van der Waals surface area contributed by atoms with E-state index in [1.54, 1.807) is 0 Å². The monoisotopic (exact) mass is 662 g/mol. The highest BCUT2D eigenvalue weighted by molar-refractivity contribution is 6.84. The molecule has 10 rings (SSSR count). The standard InChI is InChI=1S/C47H31BN4/c1-3-14-32(15-4-1)35-20-11-21-36(30-35)39-24-13-26-42-44(39)41-23-9-10-27-43(41)52-31-37(28-29-48(42)52)46-49-45(34-17-5-2-6-18-34)50-47(51-46)40-25-12-19-33-16-7-8-22-38(33)40/h1-31H. The second-order valence-corrected chi connectivity index (χ2v) is 13.2.